The maximum Gasteiger partial charge on any atom is 0.308 e. The van der Waals surface area contributed by atoms with Crippen molar-refractivity contribution in [1.29, 1.82) is 0 Å². The molecule has 0 fully saturated rings. The third-order valence-electron chi connectivity index (χ3n) is 4.49. The van der Waals surface area contributed by atoms with Crippen LogP contribution < -0.4 is 0 Å². The van der Waals surface area contributed by atoms with Gasteiger partial charge in [0.2, 0.25) is 0 Å². The monoisotopic (exact) mass is 554 g/mol. The van der Waals surface area contributed by atoms with Crippen LogP contribution in [0, 0.1) is 0 Å². The van der Waals surface area contributed by atoms with Crippen molar-refractivity contribution in [3.8, 4) is 0 Å². The van der Waals surface area contributed by atoms with Gasteiger partial charge < -0.3 is 47.4 Å². The van der Waals surface area contributed by atoms with Crippen LogP contribution >= 0.6 is 0 Å². The fourth-order valence-electron chi connectivity index (χ4n) is 2.66. The van der Waals surface area contributed by atoms with Crippen molar-refractivity contribution in [3.63, 3.8) is 0 Å². The Balaban J connectivity index is 3.09. The summed E-state index contributed by atoms with van der Waals surface area (Å²) in [6.07, 6.45) is 2.48. The van der Waals surface area contributed by atoms with Gasteiger partial charge in [0.05, 0.1) is 119 Å². The second kappa shape index (κ2) is 29.1. The molecule has 0 spiro atoms. The van der Waals surface area contributed by atoms with E-state index < -0.39 is 5.60 Å². The molecule has 0 aromatic rings. The van der Waals surface area contributed by atoms with Gasteiger partial charge in [-0.2, -0.15) is 0 Å². The molecule has 0 aliphatic heterocycles. The molecule has 0 unspecified atom stereocenters. The van der Waals surface area contributed by atoms with E-state index in [2.05, 4.69) is 6.92 Å². The fraction of sp³-hybridized carbons (Fsp3) is 0.963. The van der Waals surface area contributed by atoms with E-state index in [1.165, 1.54) is 0 Å². The zero-order chi connectivity index (χ0) is 28.0. The van der Waals surface area contributed by atoms with E-state index in [4.69, 9.17) is 47.4 Å². The first-order valence-electron chi connectivity index (χ1n) is 13.9. The Hall–Kier alpha value is -0.890. The fourth-order valence-corrected chi connectivity index (χ4v) is 2.66. The first-order valence-corrected chi connectivity index (χ1v) is 13.9. The number of unbranched alkanes of at least 4 members (excludes halogenated alkanes) is 1. The molecule has 0 amide bonds. The Labute approximate surface area is 230 Å². The van der Waals surface area contributed by atoms with Gasteiger partial charge in [0, 0.05) is 6.61 Å². The van der Waals surface area contributed by atoms with E-state index in [0.29, 0.717) is 112 Å². The molecular formula is C27H54O11. The number of carbonyl (C=O) groups excluding carboxylic acids is 1. The predicted molar refractivity (Wildman–Crippen MR) is 143 cm³/mol. The molecule has 11 nitrogen and oxygen atoms in total. The van der Waals surface area contributed by atoms with Gasteiger partial charge in [0.15, 0.2) is 0 Å². The first kappa shape index (κ1) is 37.1. The van der Waals surface area contributed by atoms with Gasteiger partial charge in [0.25, 0.3) is 0 Å². The summed E-state index contributed by atoms with van der Waals surface area (Å²) in [5, 5.41) is 0. The van der Waals surface area contributed by atoms with Crippen LogP contribution in [0.5, 0.6) is 0 Å². The average molecular weight is 555 g/mol. The quantitative estimate of drug-likeness (QED) is 0.0965. The largest absolute Gasteiger partial charge is 0.460 e. The highest BCUT2D eigenvalue weighted by Gasteiger charge is 2.15. The maximum atomic E-state index is 11.5. The van der Waals surface area contributed by atoms with Crippen molar-refractivity contribution >= 4 is 5.97 Å². The molecule has 0 rings (SSSR count). The summed E-state index contributed by atoms with van der Waals surface area (Å²) in [6, 6.07) is 0. The molecule has 0 bridgehead atoms. The van der Waals surface area contributed by atoms with Crippen LogP contribution in [0.25, 0.3) is 0 Å². The van der Waals surface area contributed by atoms with E-state index in [9.17, 15) is 4.79 Å². The molecule has 0 aromatic heterocycles. The minimum Gasteiger partial charge on any atom is -0.460 e. The SMILES string of the molecule is CCCCOCCOCCOCCOCCOCCOCCOCCOCCOCCC(=O)OC(C)(C)C. The number of hydrogen-bond donors (Lipinski definition) is 0. The van der Waals surface area contributed by atoms with Crippen LogP contribution in [0.3, 0.4) is 0 Å². The minimum atomic E-state index is -0.467. The summed E-state index contributed by atoms with van der Waals surface area (Å²) in [5.41, 5.74) is -0.467. The number of carbonyl (C=O) groups is 1. The van der Waals surface area contributed by atoms with Crippen molar-refractivity contribution in [3.05, 3.63) is 0 Å². The van der Waals surface area contributed by atoms with Crippen molar-refractivity contribution < 1.29 is 52.2 Å². The standard InChI is InChI=1S/C27H54O11/c1-5-6-8-29-10-12-31-14-16-33-18-20-35-22-24-37-25-23-36-21-19-34-17-15-32-13-11-30-9-7-26(28)38-27(2,3)4/h5-25H2,1-4H3. The minimum absolute atomic E-state index is 0.238. The van der Waals surface area contributed by atoms with Gasteiger partial charge in [-0.3, -0.25) is 4.79 Å². The maximum absolute atomic E-state index is 11.5. The third kappa shape index (κ3) is 33.1. The number of ether oxygens (including phenoxy) is 10. The lowest BCUT2D eigenvalue weighted by Crippen LogP contribution is -2.24. The van der Waals surface area contributed by atoms with E-state index in [0.717, 1.165) is 19.4 Å². The molecule has 0 aliphatic rings. The lowest BCUT2D eigenvalue weighted by atomic mass is 10.2. The normalized spacial score (nSPS) is 11.8. The van der Waals surface area contributed by atoms with E-state index in [1.807, 2.05) is 20.8 Å². The number of esters is 1. The Kier molecular flexibility index (Phi) is 28.4. The average Bonchev–Trinajstić information content (AvgIpc) is 2.86. The van der Waals surface area contributed by atoms with E-state index in [1.54, 1.807) is 0 Å². The van der Waals surface area contributed by atoms with Crippen LogP contribution in [-0.2, 0) is 52.2 Å². The van der Waals surface area contributed by atoms with Gasteiger partial charge in [-0.05, 0) is 27.2 Å². The molecule has 0 heterocycles. The lowest BCUT2D eigenvalue weighted by molar-refractivity contribution is -0.156. The zero-order valence-electron chi connectivity index (χ0n) is 24.3. The van der Waals surface area contributed by atoms with Crippen LogP contribution in [0.2, 0.25) is 0 Å². The molecule has 0 saturated carbocycles. The van der Waals surface area contributed by atoms with Crippen LogP contribution in [-0.4, -0.2) is 130 Å². The molecule has 0 saturated heterocycles. The Morgan fingerprint density at radius 1 is 0.447 bits per heavy atom. The van der Waals surface area contributed by atoms with Gasteiger partial charge in [0.1, 0.15) is 5.60 Å². The van der Waals surface area contributed by atoms with E-state index >= 15 is 0 Å². The molecule has 228 valence electrons. The first-order chi connectivity index (χ1) is 18.5. The summed E-state index contributed by atoms with van der Waals surface area (Å²) >= 11 is 0. The van der Waals surface area contributed by atoms with Gasteiger partial charge in [-0.1, -0.05) is 13.3 Å². The number of rotatable bonds is 30. The highest BCUT2D eigenvalue weighted by Crippen LogP contribution is 2.08. The molecular weight excluding hydrogens is 500 g/mol. The molecule has 38 heavy (non-hydrogen) atoms. The molecule has 0 atom stereocenters. The molecule has 0 N–H and O–H groups in total. The molecule has 0 aliphatic carbocycles. The zero-order valence-corrected chi connectivity index (χ0v) is 24.3. The lowest BCUT2D eigenvalue weighted by Gasteiger charge is -2.19. The summed E-state index contributed by atoms with van der Waals surface area (Å²) in [6.45, 7) is 17.1. The van der Waals surface area contributed by atoms with Crippen molar-refractivity contribution in [1.82, 2.24) is 0 Å². The van der Waals surface area contributed by atoms with Crippen LogP contribution in [0.1, 0.15) is 47.0 Å². The Bertz CT molecular complexity index is 486. The predicted octanol–water partition coefficient (Wildman–Crippen LogP) is 2.67. The summed E-state index contributed by atoms with van der Waals surface area (Å²) in [4.78, 5) is 11.5. The summed E-state index contributed by atoms with van der Waals surface area (Å²) in [5.74, 6) is -0.260. The second-order valence-corrected chi connectivity index (χ2v) is 9.20. The topological polar surface area (TPSA) is 109 Å². The van der Waals surface area contributed by atoms with Gasteiger partial charge in [-0.25, -0.2) is 0 Å². The Morgan fingerprint density at radius 3 is 0.974 bits per heavy atom. The Morgan fingerprint density at radius 2 is 0.711 bits per heavy atom. The van der Waals surface area contributed by atoms with Crippen molar-refractivity contribution in [2.24, 2.45) is 0 Å². The molecule has 11 heteroatoms. The number of hydrogen-bond acceptors (Lipinski definition) is 11. The van der Waals surface area contributed by atoms with Gasteiger partial charge >= 0.3 is 5.97 Å². The van der Waals surface area contributed by atoms with Crippen molar-refractivity contribution in [2.75, 3.05) is 119 Å². The molecule has 0 aromatic carbocycles. The molecule has 0 radical (unpaired) electrons. The highest BCUT2D eigenvalue weighted by molar-refractivity contribution is 5.69. The smallest absolute Gasteiger partial charge is 0.308 e. The summed E-state index contributed by atoms with van der Waals surface area (Å²) in [7, 11) is 0. The third-order valence-corrected chi connectivity index (χ3v) is 4.49. The van der Waals surface area contributed by atoms with Crippen LogP contribution in [0.15, 0.2) is 0 Å². The second-order valence-electron chi connectivity index (χ2n) is 9.20. The van der Waals surface area contributed by atoms with Crippen LogP contribution in [0.4, 0.5) is 0 Å². The van der Waals surface area contributed by atoms with E-state index in [-0.39, 0.29) is 12.4 Å². The van der Waals surface area contributed by atoms with Crippen molar-refractivity contribution in [2.45, 2.75) is 52.6 Å². The summed E-state index contributed by atoms with van der Waals surface area (Å²) < 4.78 is 54.0. The van der Waals surface area contributed by atoms with Gasteiger partial charge in [-0.15, -0.1) is 0 Å². The highest BCUT2D eigenvalue weighted by atomic mass is 16.6.